The van der Waals surface area contributed by atoms with Gasteiger partial charge >= 0.3 is 0 Å². The van der Waals surface area contributed by atoms with E-state index in [1.807, 2.05) is 36.4 Å². The Morgan fingerprint density at radius 2 is 1.84 bits per heavy atom. The van der Waals surface area contributed by atoms with E-state index in [1.54, 1.807) is 36.5 Å². The third-order valence-corrected chi connectivity index (χ3v) is 5.34. The monoisotopic (exact) mass is 483 g/mol. The Labute approximate surface area is 190 Å². The van der Waals surface area contributed by atoms with E-state index in [4.69, 9.17) is 4.74 Å². The minimum atomic E-state index is -0.355. The smallest absolute Gasteiger partial charge is 0.269 e. The van der Waals surface area contributed by atoms with Gasteiger partial charge in [0, 0.05) is 10.7 Å². The van der Waals surface area contributed by atoms with Crippen molar-refractivity contribution in [3.05, 3.63) is 99.1 Å². The minimum absolute atomic E-state index is 0.104. The number of ether oxygens (including phenoxy) is 1. The highest BCUT2D eigenvalue weighted by molar-refractivity contribution is 9.10. The van der Waals surface area contributed by atoms with E-state index in [0.717, 1.165) is 15.5 Å². The lowest BCUT2D eigenvalue weighted by Crippen LogP contribution is -2.18. The Hall–Kier alpha value is -4.22. The molecule has 0 amide bonds. The number of allylic oxidation sites excluding steroid dienone is 1. The third-order valence-electron chi connectivity index (χ3n) is 4.82. The molecule has 0 aliphatic rings. The molecule has 0 spiro atoms. The number of hydrogen-bond donors (Lipinski definition) is 1. The number of halogens is 1. The van der Waals surface area contributed by atoms with Gasteiger partial charge in [-0.1, -0.05) is 34.1 Å². The largest absolute Gasteiger partial charge is 0.438 e. The number of nitriles is 1. The van der Waals surface area contributed by atoms with Gasteiger partial charge in [-0.25, -0.2) is 4.98 Å². The standard InChI is InChI=1S/C24H14BrN5O2/c25-16-8-10-17(11-9-16)32-23-18(24(31)30-12-4-3-7-21(30)29-23)13-15(14-26)22-27-19-5-1-2-6-20(19)28-22/h1-13H,(H,27,28)/b15-13+. The van der Waals surface area contributed by atoms with Crippen LogP contribution in [0.25, 0.3) is 28.3 Å². The molecule has 0 unspecified atom stereocenters. The molecule has 0 radical (unpaired) electrons. The first-order valence-corrected chi connectivity index (χ1v) is 10.4. The van der Waals surface area contributed by atoms with Gasteiger partial charge in [0.15, 0.2) is 0 Å². The Kier molecular flexibility index (Phi) is 5.01. The highest BCUT2D eigenvalue weighted by Crippen LogP contribution is 2.27. The number of aromatic amines is 1. The van der Waals surface area contributed by atoms with Crippen LogP contribution < -0.4 is 10.3 Å². The maximum atomic E-state index is 13.3. The number of para-hydroxylation sites is 2. The Morgan fingerprint density at radius 1 is 1.06 bits per heavy atom. The van der Waals surface area contributed by atoms with Crippen LogP contribution in [0.15, 0.2) is 82.2 Å². The van der Waals surface area contributed by atoms with Crippen LogP contribution in [-0.2, 0) is 0 Å². The summed E-state index contributed by atoms with van der Waals surface area (Å²) in [7, 11) is 0. The number of benzene rings is 2. The molecule has 0 aliphatic heterocycles. The molecule has 7 nitrogen and oxygen atoms in total. The van der Waals surface area contributed by atoms with Crippen molar-refractivity contribution in [3.8, 4) is 17.7 Å². The molecule has 3 aromatic heterocycles. The number of imidazole rings is 1. The Bertz CT molecular complexity index is 1560. The minimum Gasteiger partial charge on any atom is -0.438 e. The lowest BCUT2D eigenvalue weighted by molar-refractivity contribution is 0.461. The number of fused-ring (bicyclic) bond motifs is 2. The number of hydrogen-bond acceptors (Lipinski definition) is 5. The Balaban J connectivity index is 1.70. The van der Waals surface area contributed by atoms with Gasteiger partial charge in [-0.15, -0.1) is 0 Å². The Morgan fingerprint density at radius 3 is 2.62 bits per heavy atom. The molecule has 154 valence electrons. The molecule has 0 atom stereocenters. The topological polar surface area (TPSA) is 96.1 Å². The number of nitrogens with zero attached hydrogens (tertiary/aromatic N) is 4. The average Bonchev–Trinajstić information content (AvgIpc) is 3.24. The van der Waals surface area contributed by atoms with Crippen LogP contribution in [0.5, 0.6) is 11.6 Å². The summed E-state index contributed by atoms with van der Waals surface area (Å²) in [6, 6.07) is 22.0. The van der Waals surface area contributed by atoms with Crippen molar-refractivity contribution in [3.63, 3.8) is 0 Å². The van der Waals surface area contributed by atoms with Crippen molar-refractivity contribution in [2.45, 2.75) is 0 Å². The fourth-order valence-electron chi connectivity index (χ4n) is 3.28. The van der Waals surface area contributed by atoms with E-state index in [-0.39, 0.29) is 22.6 Å². The fraction of sp³-hybridized carbons (Fsp3) is 0. The molecule has 32 heavy (non-hydrogen) atoms. The third kappa shape index (κ3) is 3.66. The van der Waals surface area contributed by atoms with Crippen molar-refractivity contribution in [2.24, 2.45) is 0 Å². The van der Waals surface area contributed by atoms with Crippen molar-refractivity contribution < 1.29 is 4.74 Å². The van der Waals surface area contributed by atoms with Gasteiger partial charge in [-0.3, -0.25) is 9.20 Å². The molecule has 0 saturated carbocycles. The van der Waals surface area contributed by atoms with E-state index in [2.05, 4.69) is 37.0 Å². The van der Waals surface area contributed by atoms with Crippen LogP contribution in [-0.4, -0.2) is 19.4 Å². The second kappa shape index (κ2) is 8.13. The number of nitrogens with one attached hydrogen (secondary N) is 1. The first-order valence-electron chi connectivity index (χ1n) is 9.64. The van der Waals surface area contributed by atoms with Crippen LogP contribution in [0.2, 0.25) is 0 Å². The first-order chi connectivity index (χ1) is 15.6. The van der Waals surface area contributed by atoms with Crippen LogP contribution >= 0.6 is 15.9 Å². The predicted molar refractivity (Wildman–Crippen MR) is 125 cm³/mol. The van der Waals surface area contributed by atoms with Gasteiger partial charge in [0.2, 0.25) is 5.88 Å². The zero-order chi connectivity index (χ0) is 22.1. The molecule has 1 N–H and O–H groups in total. The maximum absolute atomic E-state index is 13.3. The van der Waals surface area contributed by atoms with Crippen molar-refractivity contribution >= 4 is 44.3 Å². The molecule has 0 aliphatic carbocycles. The molecule has 2 aromatic carbocycles. The van der Waals surface area contributed by atoms with Gasteiger partial charge in [-0.2, -0.15) is 10.2 Å². The summed E-state index contributed by atoms with van der Waals surface area (Å²) >= 11 is 3.39. The molecule has 5 aromatic rings. The van der Waals surface area contributed by atoms with E-state index in [1.165, 1.54) is 10.5 Å². The molecular weight excluding hydrogens is 470 g/mol. The highest BCUT2D eigenvalue weighted by atomic mass is 79.9. The summed E-state index contributed by atoms with van der Waals surface area (Å²) in [6.07, 6.45) is 3.08. The van der Waals surface area contributed by atoms with Crippen LogP contribution in [0, 0.1) is 11.3 Å². The van der Waals surface area contributed by atoms with Gasteiger partial charge in [0.25, 0.3) is 5.56 Å². The fourth-order valence-corrected chi connectivity index (χ4v) is 3.54. The predicted octanol–water partition coefficient (Wildman–Crippen LogP) is 5.19. The quantitative estimate of drug-likeness (QED) is 0.354. The average molecular weight is 484 g/mol. The number of pyridine rings is 1. The lowest BCUT2D eigenvalue weighted by atomic mass is 10.2. The normalized spacial score (nSPS) is 11.6. The van der Waals surface area contributed by atoms with Crippen LogP contribution in [0.3, 0.4) is 0 Å². The number of rotatable bonds is 4. The molecule has 0 fully saturated rings. The van der Waals surface area contributed by atoms with E-state index < -0.39 is 0 Å². The molecule has 3 heterocycles. The summed E-state index contributed by atoms with van der Waals surface area (Å²) in [4.78, 5) is 25.4. The maximum Gasteiger partial charge on any atom is 0.269 e. The zero-order valence-corrected chi connectivity index (χ0v) is 18.1. The second-order valence-corrected chi connectivity index (χ2v) is 7.81. The zero-order valence-electron chi connectivity index (χ0n) is 16.5. The summed E-state index contributed by atoms with van der Waals surface area (Å²) in [5, 5.41) is 9.83. The molecular formula is C24H14BrN5O2. The second-order valence-electron chi connectivity index (χ2n) is 6.89. The molecule has 8 heteroatoms. The SMILES string of the molecule is N#C/C(=C\c1c(Oc2ccc(Br)cc2)nc2ccccn2c1=O)c1nc2ccccc2[nH]1. The highest BCUT2D eigenvalue weighted by Gasteiger charge is 2.16. The van der Waals surface area contributed by atoms with Gasteiger partial charge in [-0.05, 0) is 54.6 Å². The summed E-state index contributed by atoms with van der Waals surface area (Å²) in [6.45, 7) is 0. The molecule has 0 saturated heterocycles. The van der Waals surface area contributed by atoms with Gasteiger partial charge in [0.1, 0.15) is 28.9 Å². The van der Waals surface area contributed by atoms with E-state index in [9.17, 15) is 10.1 Å². The summed E-state index contributed by atoms with van der Waals surface area (Å²) < 4.78 is 8.27. The first kappa shape index (κ1) is 19.7. The van der Waals surface area contributed by atoms with Gasteiger partial charge < -0.3 is 9.72 Å². The van der Waals surface area contributed by atoms with Crippen molar-refractivity contribution in [1.29, 1.82) is 5.26 Å². The van der Waals surface area contributed by atoms with E-state index in [0.29, 0.717) is 17.2 Å². The molecule has 5 rings (SSSR count). The lowest BCUT2D eigenvalue weighted by Gasteiger charge is -2.10. The van der Waals surface area contributed by atoms with Crippen LogP contribution in [0.4, 0.5) is 0 Å². The number of H-pyrrole nitrogens is 1. The summed E-state index contributed by atoms with van der Waals surface area (Å²) in [5.74, 6) is 0.977. The van der Waals surface area contributed by atoms with Gasteiger partial charge in [0.05, 0.1) is 16.6 Å². The number of aromatic nitrogens is 4. The molecule has 0 bridgehead atoms. The van der Waals surface area contributed by atoms with E-state index >= 15 is 0 Å². The van der Waals surface area contributed by atoms with Crippen LogP contribution in [0.1, 0.15) is 11.4 Å². The van der Waals surface area contributed by atoms with Crippen molar-refractivity contribution in [1.82, 2.24) is 19.4 Å². The summed E-state index contributed by atoms with van der Waals surface area (Å²) in [5.41, 5.74) is 1.94. The van der Waals surface area contributed by atoms with Crippen molar-refractivity contribution in [2.75, 3.05) is 0 Å².